The molecule has 1 aromatic carbocycles. The van der Waals surface area contributed by atoms with Crippen LogP contribution in [0.5, 0.6) is 0 Å². The molecule has 0 saturated carbocycles. The fraction of sp³-hybridized carbons (Fsp3) is 0.562. The molecule has 7 heteroatoms. The molecule has 1 aromatic rings. The fourth-order valence-electron chi connectivity index (χ4n) is 3.43. The van der Waals surface area contributed by atoms with Gasteiger partial charge in [-0.2, -0.15) is 4.31 Å². The van der Waals surface area contributed by atoms with E-state index in [2.05, 4.69) is 0 Å². The number of hydrogen-bond donors (Lipinski definition) is 1. The molecule has 0 aromatic heterocycles. The van der Waals surface area contributed by atoms with Gasteiger partial charge in [-0.25, -0.2) is 8.42 Å². The van der Waals surface area contributed by atoms with Crippen molar-refractivity contribution in [2.75, 3.05) is 31.1 Å². The molecule has 1 unspecified atom stereocenters. The van der Waals surface area contributed by atoms with E-state index in [-0.39, 0.29) is 16.7 Å². The monoisotopic (exact) mass is 337 g/mol. The van der Waals surface area contributed by atoms with Crippen LogP contribution >= 0.6 is 0 Å². The molecule has 0 aliphatic carbocycles. The Morgan fingerprint density at radius 1 is 1.35 bits per heavy atom. The van der Waals surface area contributed by atoms with Gasteiger partial charge in [-0.05, 0) is 49.4 Å². The molecule has 1 atom stereocenters. The Labute approximate surface area is 137 Å². The Morgan fingerprint density at radius 2 is 2.13 bits per heavy atom. The van der Waals surface area contributed by atoms with Crippen LogP contribution in [0, 0.1) is 5.92 Å². The maximum Gasteiger partial charge on any atom is 0.243 e. The van der Waals surface area contributed by atoms with Gasteiger partial charge >= 0.3 is 0 Å². The minimum atomic E-state index is -3.54. The number of piperidine rings is 1. The van der Waals surface area contributed by atoms with Crippen LogP contribution in [0.2, 0.25) is 0 Å². The molecular weight excluding hydrogens is 314 g/mol. The first-order chi connectivity index (χ1) is 10.9. The van der Waals surface area contributed by atoms with Crippen molar-refractivity contribution in [3.8, 4) is 0 Å². The third-order valence-electron chi connectivity index (χ3n) is 4.79. The van der Waals surface area contributed by atoms with E-state index in [1.165, 1.54) is 11.2 Å². The molecule has 126 valence electrons. The molecule has 6 nitrogen and oxygen atoms in total. The van der Waals surface area contributed by atoms with Crippen molar-refractivity contribution < 1.29 is 13.2 Å². The maximum atomic E-state index is 12.9. The number of amides is 1. The van der Waals surface area contributed by atoms with E-state index in [1.54, 1.807) is 17.0 Å². The summed E-state index contributed by atoms with van der Waals surface area (Å²) in [4.78, 5) is 13.6. The Balaban J connectivity index is 1.92. The Kier molecular flexibility index (Phi) is 4.44. The topological polar surface area (TPSA) is 83.7 Å². The van der Waals surface area contributed by atoms with Gasteiger partial charge in [-0.1, -0.05) is 6.07 Å². The first-order valence-corrected chi connectivity index (χ1v) is 9.48. The first kappa shape index (κ1) is 16.4. The highest BCUT2D eigenvalue weighted by Crippen LogP contribution is 2.32. The number of hydrogen-bond acceptors (Lipinski definition) is 4. The lowest BCUT2D eigenvalue weighted by Gasteiger charge is -2.31. The van der Waals surface area contributed by atoms with Crippen LogP contribution in [-0.2, 0) is 21.2 Å². The molecule has 2 N–H and O–H groups in total. The number of anilines is 1. The van der Waals surface area contributed by atoms with Gasteiger partial charge in [0.2, 0.25) is 15.9 Å². The molecule has 0 radical (unpaired) electrons. The number of fused-ring (bicyclic) bond motifs is 1. The predicted molar refractivity (Wildman–Crippen MR) is 88.7 cm³/mol. The van der Waals surface area contributed by atoms with Gasteiger partial charge in [0, 0.05) is 32.2 Å². The van der Waals surface area contributed by atoms with Gasteiger partial charge in [0.25, 0.3) is 0 Å². The number of sulfonamides is 1. The normalized spacial score (nSPS) is 22.2. The largest absolute Gasteiger partial charge is 0.330 e. The SMILES string of the molecule is CC(=O)N1CCc2ccc(S(=O)(=O)N3CCCC(CN)C3)cc21. The molecule has 1 fully saturated rings. The van der Waals surface area contributed by atoms with Crippen LogP contribution in [0.3, 0.4) is 0 Å². The summed E-state index contributed by atoms with van der Waals surface area (Å²) in [7, 11) is -3.54. The average molecular weight is 337 g/mol. The lowest BCUT2D eigenvalue weighted by Crippen LogP contribution is -2.42. The number of carbonyl (C=O) groups is 1. The third kappa shape index (κ3) is 3.00. The lowest BCUT2D eigenvalue weighted by molar-refractivity contribution is -0.116. The molecule has 2 aliphatic rings. The van der Waals surface area contributed by atoms with Crippen molar-refractivity contribution >= 4 is 21.6 Å². The summed E-state index contributed by atoms with van der Waals surface area (Å²) in [5, 5.41) is 0. The average Bonchev–Trinajstić information content (AvgIpc) is 2.98. The van der Waals surface area contributed by atoms with Crippen molar-refractivity contribution in [1.82, 2.24) is 4.31 Å². The third-order valence-corrected chi connectivity index (χ3v) is 6.65. The highest BCUT2D eigenvalue weighted by atomic mass is 32.2. The molecule has 1 amide bonds. The summed E-state index contributed by atoms with van der Waals surface area (Å²) < 4.78 is 27.3. The standard InChI is InChI=1S/C16H23N3O3S/c1-12(20)19-8-6-14-4-5-15(9-16(14)19)23(21,22)18-7-2-3-13(10-17)11-18/h4-5,9,13H,2-3,6-8,10-11,17H2,1H3. The van der Waals surface area contributed by atoms with E-state index in [0.717, 1.165) is 30.5 Å². The lowest BCUT2D eigenvalue weighted by atomic mass is 10.0. The van der Waals surface area contributed by atoms with Crippen LogP contribution in [0.15, 0.2) is 23.1 Å². The van der Waals surface area contributed by atoms with Crippen molar-refractivity contribution in [2.45, 2.75) is 31.1 Å². The van der Waals surface area contributed by atoms with Crippen LogP contribution in [-0.4, -0.2) is 44.8 Å². The number of nitrogens with two attached hydrogens (primary N) is 1. The maximum absolute atomic E-state index is 12.9. The van der Waals surface area contributed by atoms with Gasteiger partial charge < -0.3 is 10.6 Å². The Hall–Kier alpha value is -1.44. The van der Waals surface area contributed by atoms with E-state index < -0.39 is 10.0 Å². The zero-order valence-electron chi connectivity index (χ0n) is 13.4. The van der Waals surface area contributed by atoms with Crippen LogP contribution in [0.25, 0.3) is 0 Å². The van der Waals surface area contributed by atoms with Crippen LogP contribution < -0.4 is 10.6 Å². The van der Waals surface area contributed by atoms with Crippen molar-refractivity contribution in [3.63, 3.8) is 0 Å². The molecular formula is C16H23N3O3S. The molecule has 2 heterocycles. The van der Waals surface area contributed by atoms with E-state index in [4.69, 9.17) is 5.73 Å². The minimum absolute atomic E-state index is 0.0560. The highest BCUT2D eigenvalue weighted by molar-refractivity contribution is 7.89. The smallest absolute Gasteiger partial charge is 0.243 e. The minimum Gasteiger partial charge on any atom is -0.330 e. The van der Waals surface area contributed by atoms with Gasteiger partial charge in [0.1, 0.15) is 0 Å². The second-order valence-corrected chi connectivity index (χ2v) is 8.26. The first-order valence-electron chi connectivity index (χ1n) is 8.04. The van der Waals surface area contributed by atoms with Crippen LogP contribution in [0.4, 0.5) is 5.69 Å². The van der Waals surface area contributed by atoms with E-state index in [9.17, 15) is 13.2 Å². The van der Waals surface area contributed by atoms with Gasteiger partial charge in [0.05, 0.1) is 4.90 Å². The van der Waals surface area contributed by atoms with Crippen molar-refractivity contribution in [1.29, 1.82) is 0 Å². The molecule has 0 spiro atoms. The van der Waals surface area contributed by atoms with Gasteiger partial charge in [0.15, 0.2) is 0 Å². The molecule has 3 rings (SSSR count). The number of rotatable bonds is 3. The number of benzene rings is 1. The Morgan fingerprint density at radius 3 is 2.83 bits per heavy atom. The quantitative estimate of drug-likeness (QED) is 0.890. The van der Waals surface area contributed by atoms with Gasteiger partial charge in [-0.3, -0.25) is 4.79 Å². The fourth-order valence-corrected chi connectivity index (χ4v) is 5.01. The Bertz CT molecular complexity index is 717. The molecule has 1 saturated heterocycles. The van der Waals surface area contributed by atoms with E-state index in [0.29, 0.717) is 26.2 Å². The predicted octanol–water partition coefficient (Wildman–Crippen LogP) is 0.955. The molecule has 0 bridgehead atoms. The second kappa shape index (κ2) is 6.22. The van der Waals surface area contributed by atoms with Gasteiger partial charge in [-0.15, -0.1) is 0 Å². The zero-order chi connectivity index (χ0) is 16.6. The summed E-state index contributed by atoms with van der Waals surface area (Å²) in [6.07, 6.45) is 2.59. The van der Waals surface area contributed by atoms with Crippen LogP contribution in [0.1, 0.15) is 25.3 Å². The second-order valence-electron chi connectivity index (χ2n) is 6.32. The number of carbonyl (C=O) groups excluding carboxylic acids is 1. The van der Waals surface area contributed by atoms with E-state index in [1.807, 2.05) is 6.07 Å². The highest BCUT2D eigenvalue weighted by Gasteiger charge is 2.31. The van der Waals surface area contributed by atoms with Crippen molar-refractivity contribution in [3.05, 3.63) is 23.8 Å². The molecule has 23 heavy (non-hydrogen) atoms. The summed E-state index contributed by atoms with van der Waals surface area (Å²) in [5.41, 5.74) is 7.46. The summed E-state index contributed by atoms with van der Waals surface area (Å²) >= 11 is 0. The summed E-state index contributed by atoms with van der Waals surface area (Å²) in [6, 6.07) is 5.13. The summed E-state index contributed by atoms with van der Waals surface area (Å²) in [5.74, 6) is 0.168. The number of nitrogens with zero attached hydrogens (tertiary/aromatic N) is 2. The summed E-state index contributed by atoms with van der Waals surface area (Å²) in [6.45, 7) is 3.65. The molecule has 2 aliphatic heterocycles. The van der Waals surface area contributed by atoms with E-state index >= 15 is 0 Å². The zero-order valence-corrected chi connectivity index (χ0v) is 14.2. The van der Waals surface area contributed by atoms with Crippen molar-refractivity contribution in [2.24, 2.45) is 11.7 Å².